The van der Waals surface area contributed by atoms with Crippen molar-refractivity contribution in [2.45, 2.75) is 26.3 Å². The molecule has 1 fully saturated rings. The van der Waals surface area contributed by atoms with Crippen LogP contribution in [0.4, 0.5) is 0 Å². The van der Waals surface area contributed by atoms with Gasteiger partial charge in [-0.15, -0.1) is 0 Å². The molecule has 0 aliphatic carbocycles. The Morgan fingerprint density at radius 2 is 2.17 bits per heavy atom. The highest BCUT2D eigenvalue weighted by atomic mass is 32.1. The molecule has 0 saturated carbocycles. The summed E-state index contributed by atoms with van der Waals surface area (Å²) in [6.45, 7) is 3.69. The molecule has 1 aliphatic heterocycles. The Hall–Kier alpha value is -0.510. The SMILES string of the molecule is CC(C)N1C(=O)CC(CS)C1=O. The monoisotopic (exact) mass is 187 g/mol. The van der Waals surface area contributed by atoms with Gasteiger partial charge in [-0.05, 0) is 13.8 Å². The number of hydrogen-bond acceptors (Lipinski definition) is 3. The summed E-state index contributed by atoms with van der Waals surface area (Å²) < 4.78 is 0. The first kappa shape index (κ1) is 9.58. The Morgan fingerprint density at radius 1 is 1.58 bits per heavy atom. The average Bonchev–Trinajstić information content (AvgIpc) is 2.25. The minimum absolute atomic E-state index is 0.0186. The van der Waals surface area contributed by atoms with E-state index in [1.165, 1.54) is 4.90 Å². The van der Waals surface area contributed by atoms with Crippen LogP contribution in [0.3, 0.4) is 0 Å². The Bertz CT molecular complexity index is 215. The number of thiol groups is 1. The molecule has 1 aliphatic rings. The van der Waals surface area contributed by atoms with Crippen molar-refractivity contribution in [3.05, 3.63) is 0 Å². The van der Waals surface area contributed by atoms with Crippen molar-refractivity contribution in [2.24, 2.45) is 5.92 Å². The van der Waals surface area contributed by atoms with Crippen LogP contribution in [0.1, 0.15) is 20.3 Å². The smallest absolute Gasteiger partial charge is 0.233 e. The van der Waals surface area contributed by atoms with Gasteiger partial charge < -0.3 is 0 Å². The van der Waals surface area contributed by atoms with Crippen molar-refractivity contribution in [2.75, 3.05) is 5.75 Å². The molecule has 0 aromatic heterocycles. The molecule has 1 rings (SSSR count). The van der Waals surface area contributed by atoms with E-state index in [0.717, 1.165) is 0 Å². The molecule has 0 aromatic carbocycles. The van der Waals surface area contributed by atoms with Gasteiger partial charge in [-0.3, -0.25) is 14.5 Å². The van der Waals surface area contributed by atoms with Gasteiger partial charge in [0.15, 0.2) is 0 Å². The predicted octanol–water partition coefficient (Wildman–Crippen LogP) is 0.700. The molecule has 1 unspecified atom stereocenters. The average molecular weight is 187 g/mol. The Balaban J connectivity index is 2.77. The van der Waals surface area contributed by atoms with E-state index in [4.69, 9.17) is 0 Å². The van der Waals surface area contributed by atoms with Crippen molar-refractivity contribution in [3.8, 4) is 0 Å². The van der Waals surface area contributed by atoms with Gasteiger partial charge in [0.05, 0.1) is 5.92 Å². The highest BCUT2D eigenvalue weighted by Gasteiger charge is 2.38. The van der Waals surface area contributed by atoms with Gasteiger partial charge in [-0.25, -0.2) is 0 Å². The van der Waals surface area contributed by atoms with E-state index in [0.29, 0.717) is 12.2 Å². The number of rotatable bonds is 2. The molecule has 4 heteroatoms. The fourth-order valence-corrected chi connectivity index (χ4v) is 1.69. The van der Waals surface area contributed by atoms with E-state index in [1.54, 1.807) is 0 Å². The zero-order chi connectivity index (χ0) is 9.30. The number of carbonyl (C=O) groups is 2. The lowest BCUT2D eigenvalue weighted by Gasteiger charge is -2.18. The van der Waals surface area contributed by atoms with Gasteiger partial charge in [0.25, 0.3) is 0 Å². The number of imide groups is 1. The summed E-state index contributed by atoms with van der Waals surface area (Å²) in [5.41, 5.74) is 0. The van der Waals surface area contributed by atoms with E-state index in [1.807, 2.05) is 13.8 Å². The number of carbonyl (C=O) groups excluding carboxylic acids is 2. The lowest BCUT2D eigenvalue weighted by molar-refractivity contribution is -0.141. The number of amides is 2. The quantitative estimate of drug-likeness (QED) is 0.510. The largest absolute Gasteiger partial charge is 0.280 e. The van der Waals surface area contributed by atoms with Crippen LogP contribution in [-0.2, 0) is 9.59 Å². The molecule has 2 amide bonds. The maximum atomic E-state index is 11.4. The molecule has 68 valence electrons. The summed E-state index contributed by atoms with van der Waals surface area (Å²) in [7, 11) is 0. The predicted molar refractivity (Wildman–Crippen MR) is 48.9 cm³/mol. The maximum Gasteiger partial charge on any atom is 0.233 e. The van der Waals surface area contributed by atoms with Crippen LogP contribution in [0, 0.1) is 5.92 Å². The van der Waals surface area contributed by atoms with Crippen LogP contribution >= 0.6 is 12.6 Å². The van der Waals surface area contributed by atoms with Gasteiger partial charge >= 0.3 is 0 Å². The van der Waals surface area contributed by atoms with E-state index >= 15 is 0 Å². The van der Waals surface area contributed by atoms with Crippen molar-refractivity contribution in [1.29, 1.82) is 0 Å². The Morgan fingerprint density at radius 3 is 2.42 bits per heavy atom. The second-order valence-electron chi connectivity index (χ2n) is 3.28. The van der Waals surface area contributed by atoms with E-state index in [-0.39, 0.29) is 23.8 Å². The van der Waals surface area contributed by atoms with Crippen molar-refractivity contribution >= 4 is 24.4 Å². The van der Waals surface area contributed by atoms with Crippen LogP contribution in [0.5, 0.6) is 0 Å². The molecule has 1 atom stereocenters. The molecule has 0 radical (unpaired) electrons. The topological polar surface area (TPSA) is 37.4 Å². The van der Waals surface area contributed by atoms with Crippen LogP contribution in [0.15, 0.2) is 0 Å². The van der Waals surface area contributed by atoms with Crippen molar-refractivity contribution in [3.63, 3.8) is 0 Å². The van der Waals surface area contributed by atoms with Crippen LogP contribution in [-0.4, -0.2) is 28.5 Å². The van der Waals surface area contributed by atoms with Gasteiger partial charge in [0.2, 0.25) is 11.8 Å². The van der Waals surface area contributed by atoms with E-state index in [2.05, 4.69) is 12.6 Å². The molecule has 0 aromatic rings. The molecule has 0 N–H and O–H groups in total. The fraction of sp³-hybridized carbons (Fsp3) is 0.750. The molecule has 3 nitrogen and oxygen atoms in total. The summed E-state index contributed by atoms with van der Waals surface area (Å²) in [6, 6.07) is -0.0186. The molecule has 0 bridgehead atoms. The third-order valence-corrected chi connectivity index (χ3v) is 2.45. The lowest BCUT2D eigenvalue weighted by Crippen LogP contribution is -2.36. The summed E-state index contributed by atoms with van der Waals surface area (Å²) in [6.07, 6.45) is 0.334. The molecular weight excluding hydrogens is 174 g/mol. The minimum atomic E-state index is -0.191. The van der Waals surface area contributed by atoms with Gasteiger partial charge in [0.1, 0.15) is 0 Å². The second-order valence-corrected chi connectivity index (χ2v) is 3.64. The minimum Gasteiger partial charge on any atom is -0.280 e. The summed E-state index contributed by atoms with van der Waals surface area (Å²) >= 11 is 4.02. The standard InChI is InChI=1S/C8H13NO2S/c1-5(2)9-7(10)3-6(4-12)8(9)11/h5-6,12H,3-4H2,1-2H3. The van der Waals surface area contributed by atoms with E-state index in [9.17, 15) is 9.59 Å². The second kappa shape index (κ2) is 3.47. The third-order valence-electron chi connectivity index (χ3n) is 2.01. The first-order chi connectivity index (χ1) is 5.57. The zero-order valence-corrected chi connectivity index (χ0v) is 8.17. The normalized spacial score (nSPS) is 24.3. The van der Waals surface area contributed by atoms with Gasteiger partial charge in [0, 0.05) is 18.2 Å². The molecule has 12 heavy (non-hydrogen) atoms. The summed E-state index contributed by atoms with van der Waals surface area (Å²) in [5.74, 6) is 0.149. The van der Waals surface area contributed by atoms with Crippen LogP contribution in [0.25, 0.3) is 0 Å². The Kier molecular flexibility index (Phi) is 2.77. The number of likely N-dealkylation sites (tertiary alicyclic amines) is 1. The Labute approximate surface area is 77.5 Å². The molecule has 1 heterocycles. The molecular formula is C8H13NO2S. The highest BCUT2D eigenvalue weighted by molar-refractivity contribution is 7.80. The van der Waals surface area contributed by atoms with Gasteiger partial charge in [-0.2, -0.15) is 12.6 Å². The van der Waals surface area contributed by atoms with Crippen LogP contribution in [0.2, 0.25) is 0 Å². The summed E-state index contributed by atoms with van der Waals surface area (Å²) in [4.78, 5) is 24.0. The molecule has 1 saturated heterocycles. The lowest BCUT2D eigenvalue weighted by atomic mass is 10.1. The first-order valence-corrected chi connectivity index (χ1v) is 4.68. The van der Waals surface area contributed by atoms with Crippen molar-refractivity contribution < 1.29 is 9.59 Å². The van der Waals surface area contributed by atoms with Gasteiger partial charge in [-0.1, -0.05) is 0 Å². The van der Waals surface area contributed by atoms with E-state index < -0.39 is 0 Å². The zero-order valence-electron chi connectivity index (χ0n) is 7.28. The fourth-order valence-electron chi connectivity index (χ4n) is 1.40. The number of nitrogens with zero attached hydrogens (tertiary/aromatic N) is 1. The number of hydrogen-bond donors (Lipinski definition) is 1. The summed E-state index contributed by atoms with van der Waals surface area (Å²) in [5, 5.41) is 0. The highest BCUT2D eigenvalue weighted by Crippen LogP contribution is 2.22. The first-order valence-electron chi connectivity index (χ1n) is 4.04. The van der Waals surface area contributed by atoms with Crippen molar-refractivity contribution in [1.82, 2.24) is 4.90 Å². The molecule has 0 spiro atoms. The van der Waals surface area contributed by atoms with Crippen LogP contribution < -0.4 is 0 Å². The maximum absolute atomic E-state index is 11.4. The third kappa shape index (κ3) is 1.48.